The molecular weight excluding hydrogens is 251 g/mol. The summed E-state index contributed by atoms with van der Waals surface area (Å²) in [5.41, 5.74) is 2.73. The number of fused-ring (bicyclic) bond motifs is 1. The molecule has 0 saturated carbocycles. The smallest absolute Gasteiger partial charge is 0.101 e. The predicted molar refractivity (Wildman–Crippen MR) is 53.9 cm³/mol. The van der Waals surface area contributed by atoms with Crippen molar-refractivity contribution in [3.8, 4) is 0 Å². The van der Waals surface area contributed by atoms with Gasteiger partial charge in [0.2, 0.25) is 0 Å². The van der Waals surface area contributed by atoms with Gasteiger partial charge in [-0.15, -0.1) is 0 Å². The summed E-state index contributed by atoms with van der Waals surface area (Å²) in [4.78, 5) is 6.49. The Morgan fingerprint density at radius 1 is 1.64 bits per heavy atom. The molecule has 1 aliphatic rings. The van der Waals surface area contributed by atoms with Crippen molar-refractivity contribution in [2.45, 2.75) is 6.42 Å². The van der Waals surface area contributed by atoms with Crippen molar-refractivity contribution < 1.29 is 0 Å². The zero-order valence-electron chi connectivity index (χ0n) is 6.34. The molecule has 0 aromatic carbocycles. The van der Waals surface area contributed by atoms with Crippen molar-refractivity contribution in [2.24, 2.45) is 0 Å². The second-order valence-electron chi connectivity index (χ2n) is 2.81. The average Bonchev–Trinajstić information content (AvgIpc) is 2.32. The highest BCUT2D eigenvalue weighted by molar-refractivity contribution is 14.1. The molecule has 0 aliphatic carbocycles. The van der Waals surface area contributed by atoms with Crippen LogP contribution in [0.25, 0.3) is 0 Å². The summed E-state index contributed by atoms with van der Waals surface area (Å²) in [7, 11) is 2.11. The lowest BCUT2D eigenvalue weighted by atomic mass is 10.2. The molecule has 11 heavy (non-hydrogen) atoms. The number of nitrogens with zero attached hydrogens (tertiary/aromatic N) is 2. The fourth-order valence-corrected chi connectivity index (χ4v) is 1.93. The van der Waals surface area contributed by atoms with Crippen LogP contribution in [0.5, 0.6) is 0 Å². The lowest BCUT2D eigenvalue weighted by Gasteiger charge is -2.10. The molecule has 0 unspecified atom stereocenters. The molecule has 1 aliphatic heterocycles. The van der Waals surface area contributed by atoms with E-state index in [-0.39, 0.29) is 0 Å². The van der Waals surface area contributed by atoms with Crippen LogP contribution in [0, 0.1) is 3.70 Å². The first-order valence-electron chi connectivity index (χ1n) is 3.63. The zero-order valence-corrected chi connectivity index (χ0v) is 8.50. The van der Waals surface area contributed by atoms with Gasteiger partial charge in [-0.25, -0.2) is 4.98 Å². The van der Waals surface area contributed by atoms with Gasteiger partial charge >= 0.3 is 0 Å². The van der Waals surface area contributed by atoms with Gasteiger partial charge in [-0.05, 0) is 40.6 Å². The summed E-state index contributed by atoms with van der Waals surface area (Å²) in [5, 5.41) is 0. The van der Waals surface area contributed by atoms with Gasteiger partial charge in [-0.1, -0.05) is 0 Å². The monoisotopic (exact) mass is 260 g/mol. The van der Waals surface area contributed by atoms with Gasteiger partial charge in [-0.3, -0.25) is 0 Å². The molecule has 0 N–H and O–H groups in total. The highest BCUT2D eigenvalue weighted by Crippen LogP contribution is 2.25. The molecule has 0 bridgehead atoms. The Morgan fingerprint density at radius 3 is 3.27 bits per heavy atom. The fourth-order valence-electron chi connectivity index (χ4n) is 1.41. The minimum Gasteiger partial charge on any atom is -0.373 e. The Balaban J connectivity index is 2.50. The highest BCUT2D eigenvalue weighted by atomic mass is 127. The molecule has 2 heterocycles. The number of likely N-dealkylation sites (N-methyl/N-ethyl adjacent to an activating group) is 1. The third kappa shape index (κ3) is 1.21. The molecule has 2 rings (SSSR count). The van der Waals surface area contributed by atoms with Gasteiger partial charge in [0, 0.05) is 13.6 Å². The molecule has 1 aromatic rings. The molecule has 0 spiro atoms. The molecule has 0 fully saturated rings. The number of pyridine rings is 1. The Morgan fingerprint density at radius 2 is 2.45 bits per heavy atom. The van der Waals surface area contributed by atoms with Crippen LogP contribution in [0.1, 0.15) is 5.56 Å². The minimum atomic E-state index is 1.09. The normalized spacial score (nSPS) is 15.3. The second kappa shape index (κ2) is 2.62. The van der Waals surface area contributed by atoms with E-state index in [4.69, 9.17) is 0 Å². The quantitative estimate of drug-likeness (QED) is 0.521. The molecule has 0 radical (unpaired) electrons. The minimum absolute atomic E-state index is 1.09. The lowest BCUT2D eigenvalue weighted by molar-refractivity contribution is 0.955. The van der Waals surface area contributed by atoms with Crippen LogP contribution in [0.2, 0.25) is 0 Å². The maximum atomic E-state index is 4.25. The van der Waals surface area contributed by atoms with E-state index in [0.717, 1.165) is 10.2 Å². The molecule has 58 valence electrons. The maximum absolute atomic E-state index is 4.25. The zero-order chi connectivity index (χ0) is 7.84. The van der Waals surface area contributed by atoms with E-state index in [0.29, 0.717) is 0 Å². The van der Waals surface area contributed by atoms with Gasteiger partial charge < -0.3 is 4.90 Å². The van der Waals surface area contributed by atoms with Crippen LogP contribution in [0.4, 0.5) is 5.69 Å². The van der Waals surface area contributed by atoms with Crippen LogP contribution in [-0.4, -0.2) is 18.6 Å². The SMILES string of the molecule is CN1CCc2cc(I)ncc21. The topological polar surface area (TPSA) is 16.1 Å². The van der Waals surface area contributed by atoms with Crippen molar-refractivity contribution in [1.82, 2.24) is 4.98 Å². The lowest BCUT2D eigenvalue weighted by Crippen LogP contribution is -2.12. The molecule has 0 saturated heterocycles. The first kappa shape index (κ1) is 7.34. The van der Waals surface area contributed by atoms with Crippen molar-refractivity contribution in [1.29, 1.82) is 0 Å². The number of anilines is 1. The van der Waals surface area contributed by atoms with E-state index in [1.807, 2.05) is 6.20 Å². The maximum Gasteiger partial charge on any atom is 0.101 e. The molecule has 2 nitrogen and oxygen atoms in total. The summed E-state index contributed by atoms with van der Waals surface area (Å²) in [6, 6.07) is 2.17. The number of hydrogen-bond acceptors (Lipinski definition) is 2. The van der Waals surface area contributed by atoms with E-state index in [2.05, 4.69) is 45.6 Å². The van der Waals surface area contributed by atoms with E-state index in [1.165, 1.54) is 17.7 Å². The second-order valence-corrected chi connectivity index (χ2v) is 3.91. The summed E-state index contributed by atoms with van der Waals surface area (Å²) in [6.07, 6.45) is 3.13. The van der Waals surface area contributed by atoms with Crippen LogP contribution >= 0.6 is 22.6 Å². The van der Waals surface area contributed by atoms with Crippen LogP contribution in [0.15, 0.2) is 12.3 Å². The van der Waals surface area contributed by atoms with Crippen molar-refractivity contribution >= 4 is 28.3 Å². The van der Waals surface area contributed by atoms with Crippen molar-refractivity contribution in [3.05, 3.63) is 21.5 Å². The van der Waals surface area contributed by atoms with E-state index < -0.39 is 0 Å². The fraction of sp³-hybridized carbons (Fsp3) is 0.375. The van der Waals surface area contributed by atoms with Gasteiger partial charge in [0.1, 0.15) is 3.70 Å². The molecule has 0 atom stereocenters. The third-order valence-corrected chi connectivity index (χ3v) is 2.65. The first-order chi connectivity index (χ1) is 5.27. The van der Waals surface area contributed by atoms with E-state index in [9.17, 15) is 0 Å². The van der Waals surface area contributed by atoms with E-state index >= 15 is 0 Å². The summed E-state index contributed by atoms with van der Waals surface area (Å²) < 4.78 is 1.09. The molecule has 1 aromatic heterocycles. The summed E-state index contributed by atoms with van der Waals surface area (Å²) in [5.74, 6) is 0. The number of halogens is 1. The first-order valence-corrected chi connectivity index (χ1v) is 4.71. The Labute approximate surface area is 79.8 Å². The van der Waals surface area contributed by atoms with Crippen molar-refractivity contribution in [3.63, 3.8) is 0 Å². The number of hydrogen-bond donors (Lipinski definition) is 0. The summed E-state index contributed by atoms with van der Waals surface area (Å²) in [6.45, 7) is 1.14. The van der Waals surface area contributed by atoms with Gasteiger partial charge in [0.15, 0.2) is 0 Å². The van der Waals surface area contributed by atoms with Gasteiger partial charge in [-0.2, -0.15) is 0 Å². The van der Waals surface area contributed by atoms with Gasteiger partial charge in [0.25, 0.3) is 0 Å². The van der Waals surface area contributed by atoms with Gasteiger partial charge in [0.05, 0.1) is 11.9 Å². The average molecular weight is 260 g/mol. The number of aromatic nitrogens is 1. The van der Waals surface area contributed by atoms with Crippen molar-refractivity contribution in [2.75, 3.05) is 18.5 Å². The molecule has 3 heteroatoms. The third-order valence-electron chi connectivity index (χ3n) is 2.06. The predicted octanol–water partition coefficient (Wildman–Crippen LogP) is 1.68. The largest absolute Gasteiger partial charge is 0.373 e. The molecule has 0 amide bonds. The van der Waals surface area contributed by atoms with E-state index in [1.54, 1.807) is 0 Å². The molecular formula is C8H9IN2. The Bertz CT molecular complexity index is 285. The Hall–Kier alpha value is -0.320. The van der Waals surface area contributed by atoms with Crippen LogP contribution < -0.4 is 4.90 Å². The standard InChI is InChI=1S/C8H9IN2/c1-11-3-2-6-4-8(9)10-5-7(6)11/h4-5H,2-3H2,1H3. The highest BCUT2D eigenvalue weighted by Gasteiger charge is 2.15. The van der Waals surface area contributed by atoms with Crippen LogP contribution in [0.3, 0.4) is 0 Å². The summed E-state index contributed by atoms with van der Waals surface area (Å²) >= 11 is 2.25. The number of rotatable bonds is 0. The Kier molecular flexibility index (Phi) is 1.75. The van der Waals surface area contributed by atoms with Crippen LogP contribution in [-0.2, 0) is 6.42 Å².